The zero-order valence-electron chi connectivity index (χ0n) is 14.1. The SMILES string of the molecule is CC[C@@]1(C(=O)c2ccccc2)[C@H]2c3ccccc3OC(=O)[C@@]21C(C)=O. The minimum absolute atomic E-state index is 0.163. The number of fused-ring (bicyclic) bond motifs is 3. The molecule has 0 unspecified atom stereocenters. The summed E-state index contributed by atoms with van der Waals surface area (Å²) in [5.41, 5.74) is -1.21. The third-order valence-corrected chi connectivity index (χ3v) is 5.85. The zero-order valence-corrected chi connectivity index (χ0v) is 14.1. The van der Waals surface area contributed by atoms with Crippen molar-refractivity contribution in [3.05, 3.63) is 65.7 Å². The molecule has 0 N–H and O–H groups in total. The van der Waals surface area contributed by atoms with Gasteiger partial charge in [-0.2, -0.15) is 0 Å². The maximum Gasteiger partial charge on any atom is 0.326 e. The van der Waals surface area contributed by atoms with Gasteiger partial charge in [-0.25, -0.2) is 0 Å². The van der Waals surface area contributed by atoms with E-state index in [1.54, 1.807) is 36.4 Å². The van der Waals surface area contributed by atoms with Gasteiger partial charge in [0.05, 0.1) is 5.41 Å². The van der Waals surface area contributed by atoms with Crippen LogP contribution in [0, 0.1) is 10.8 Å². The molecule has 0 spiro atoms. The molecule has 0 radical (unpaired) electrons. The molecule has 1 saturated carbocycles. The van der Waals surface area contributed by atoms with Crippen molar-refractivity contribution in [3.63, 3.8) is 0 Å². The summed E-state index contributed by atoms with van der Waals surface area (Å²) in [6.45, 7) is 3.25. The largest absolute Gasteiger partial charge is 0.425 e. The van der Waals surface area contributed by atoms with Crippen molar-refractivity contribution in [2.24, 2.45) is 10.8 Å². The van der Waals surface area contributed by atoms with Gasteiger partial charge in [-0.15, -0.1) is 0 Å². The maximum absolute atomic E-state index is 13.4. The Bertz CT molecular complexity index is 901. The summed E-state index contributed by atoms with van der Waals surface area (Å²) in [5.74, 6) is -1.08. The molecule has 3 atom stereocenters. The minimum atomic E-state index is -1.41. The highest BCUT2D eigenvalue weighted by Crippen LogP contribution is 2.80. The predicted molar refractivity (Wildman–Crippen MR) is 91.4 cm³/mol. The van der Waals surface area contributed by atoms with Gasteiger partial charge in [0.15, 0.2) is 5.78 Å². The molecule has 4 heteroatoms. The number of hydrogen-bond donors (Lipinski definition) is 0. The monoisotopic (exact) mass is 334 g/mol. The van der Waals surface area contributed by atoms with Crippen LogP contribution in [-0.4, -0.2) is 17.5 Å². The quantitative estimate of drug-likeness (QED) is 0.371. The number of ether oxygens (including phenoxy) is 1. The molecule has 1 aliphatic heterocycles. The molecule has 4 rings (SSSR count). The zero-order chi connectivity index (χ0) is 17.8. The van der Waals surface area contributed by atoms with Crippen molar-refractivity contribution >= 4 is 17.5 Å². The summed E-state index contributed by atoms with van der Waals surface area (Å²) in [6, 6.07) is 16.0. The summed E-state index contributed by atoms with van der Waals surface area (Å²) in [6.07, 6.45) is 0.397. The molecule has 126 valence electrons. The second kappa shape index (κ2) is 5.12. The van der Waals surface area contributed by atoms with Crippen LogP contribution in [0.2, 0.25) is 0 Å². The molecule has 1 aliphatic carbocycles. The average Bonchev–Trinajstić information content (AvgIpc) is 3.29. The van der Waals surface area contributed by atoms with Crippen LogP contribution >= 0.6 is 0 Å². The van der Waals surface area contributed by atoms with Crippen molar-refractivity contribution in [1.29, 1.82) is 0 Å². The molecule has 1 fully saturated rings. The predicted octanol–water partition coefficient (Wildman–Crippen LogP) is 3.56. The Balaban J connectivity index is 1.96. The molecule has 1 heterocycles. The number of Topliss-reactive ketones (excluding diaryl/α,β-unsaturated/α-hetero) is 2. The van der Waals surface area contributed by atoms with Crippen LogP contribution in [0.25, 0.3) is 0 Å². The number of carbonyl (C=O) groups is 3. The van der Waals surface area contributed by atoms with E-state index in [-0.39, 0.29) is 11.6 Å². The maximum atomic E-state index is 13.4. The normalized spacial score (nSPS) is 29.2. The van der Waals surface area contributed by atoms with E-state index in [9.17, 15) is 14.4 Å². The number of hydrogen-bond acceptors (Lipinski definition) is 4. The molecular formula is C21H18O4. The van der Waals surface area contributed by atoms with Crippen molar-refractivity contribution < 1.29 is 19.1 Å². The van der Waals surface area contributed by atoms with Gasteiger partial charge in [-0.3, -0.25) is 14.4 Å². The van der Waals surface area contributed by atoms with E-state index in [4.69, 9.17) is 4.74 Å². The lowest BCUT2D eigenvalue weighted by Gasteiger charge is -2.22. The van der Waals surface area contributed by atoms with Crippen molar-refractivity contribution in [2.75, 3.05) is 0 Å². The number of para-hydroxylation sites is 1. The van der Waals surface area contributed by atoms with Gasteiger partial charge in [0.25, 0.3) is 0 Å². The Hall–Kier alpha value is -2.75. The van der Waals surface area contributed by atoms with E-state index in [1.165, 1.54) is 6.92 Å². The molecule has 0 amide bonds. The molecule has 2 aromatic rings. The first-order chi connectivity index (χ1) is 12.0. The van der Waals surface area contributed by atoms with E-state index in [0.717, 1.165) is 5.56 Å². The molecule has 25 heavy (non-hydrogen) atoms. The molecule has 2 aliphatic rings. The summed E-state index contributed by atoms with van der Waals surface area (Å²) in [4.78, 5) is 38.9. The Morgan fingerprint density at radius 3 is 2.32 bits per heavy atom. The first-order valence-electron chi connectivity index (χ1n) is 8.44. The topological polar surface area (TPSA) is 60.4 Å². The van der Waals surface area contributed by atoms with Crippen molar-refractivity contribution in [3.8, 4) is 5.75 Å². The van der Waals surface area contributed by atoms with Crippen LogP contribution < -0.4 is 4.74 Å². The van der Waals surface area contributed by atoms with Crippen molar-refractivity contribution in [2.45, 2.75) is 26.2 Å². The fourth-order valence-electron chi connectivity index (χ4n) is 4.79. The highest BCUT2D eigenvalue weighted by atomic mass is 16.5. The number of carbonyl (C=O) groups excluding carboxylic acids is 3. The third-order valence-electron chi connectivity index (χ3n) is 5.85. The lowest BCUT2D eigenvalue weighted by Crippen LogP contribution is -2.38. The molecule has 0 bridgehead atoms. The molecule has 0 saturated heterocycles. The van der Waals surface area contributed by atoms with E-state index < -0.39 is 22.7 Å². The highest BCUT2D eigenvalue weighted by Gasteiger charge is 2.87. The summed E-state index contributed by atoms with van der Waals surface area (Å²) >= 11 is 0. The first-order valence-corrected chi connectivity index (χ1v) is 8.44. The smallest absolute Gasteiger partial charge is 0.326 e. The lowest BCUT2D eigenvalue weighted by molar-refractivity contribution is -0.148. The summed E-state index contributed by atoms with van der Waals surface area (Å²) < 4.78 is 5.48. The average molecular weight is 334 g/mol. The summed E-state index contributed by atoms with van der Waals surface area (Å²) in [7, 11) is 0. The van der Waals surface area contributed by atoms with Crippen LogP contribution in [0.15, 0.2) is 54.6 Å². The molecule has 0 aromatic heterocycles. The van der Waals surface area contributed by atoms with Gasteiger partial charge >= 0.3 is 5.97 Å². The van der Waals surface area contributed by atoms with Crippen molar-refractivity contribution in [1.82, 2.24) is 0 Å². The van der Waals surface area contributed by atoms with Crippen LogP contribution in [0.3, 0.4) is 0 Å². The lowest BCUT2D eigenvalue weighted by atomic mass is 9.81. The fraction of sp³-hybridized carbons (Fsp3) is 0.286. The van der Waals surface area contributed by atoms with E-state index in [2.05, 4.69) is 0 Å². The number of rotatable bonds is 4. The Morgan fingerprint density at radius 1 is 1.04 bits per heavy atom. The van der Waals surface area contributed by atoms with Crippen LogP contribution in [-0.2, 0) is 9.59 Å². The minimum Gasteiger partial charge on any atom is -0.425 e. The van der Waals surface area contributed by atoms with Crippen LogP contribution in [0.4, 0.5) is 0 Å². The van der Waals surface area contributed by atoms with Gasteiger partial charge in [-0.1, -0.05) is 55.5 Å². The first kappa shape index (κ1) is 15.8. The Labute approximate surface area is 145 Å². The van der Waals surface area contributed by atoms with Gasteiger partial charge in [0.1, 0.15) is 16.9 Å². The van der Waals surface area contributed by atoms with Crippen LogP contribution in [0.5, 0.6) is 5.75 Å². The second-order valence-electron chi connectivity index (χ2n) is 6.74. The fourth-order valence-corrected chi connectivity index (χ4v) is 4.79. The summed E-state index contributed by atoms with van der Waals surface area (Å²) in [5, 5.41) is 0. The molecule has 2 aromatic carbocycles. The van der Waals surface area contributed by atoms with E-state index in [1.807, 2.05) is 25.1 Å². The van der Waals surface area contributed by atoms with Gasteiger partial charge in [0.2, 0.25) is 0 Å². The van der Waals surface area contributed by atoms with E-state index in [0.29, 0.717) is 17.7 Å². The van der Waals surface area contributed by atoms with Crippen LogP contribution in [0.1, 0.15) is 42.1 Å². The number of esters is 1. The van der Waals surface area contributed by atoms with E-state index >= 15 is 0 Å². The Morgan fingerprint density at radius 2 is 1.68 bits per heavy atom. The highest BCUT2D eigenvalue weighted by molar-refractivity contribution is 6.21. The number of ketones is 2. The standard InChI is InChI=1S/C21H18O4/c1-3-20(18(23)14-9-5-4-6-10-14)17-15-11-7-8-12-16(15)25-19(24)21(17,20)13(2)22/h4-12,17H,3H2,1-2H3/t17-,20+,21-/m1/s1. The van der Waals surface area contributed by atoms with Gasteiger partial charge in [-0.05, 0) is 19.4 Å². The number of benzene rings is 2. The Kier molecular flexibility index (Phi) is 3.23. The molecular weight excluding hydrogens is 316 g/mol. The van der Waals surface area contributed by atoms with Gasteiger partial charge < -0.3 is 4.74 Å². The van der Waals surface area contributed by atoms with Gasteiger partial charge in [0, 0.05) is 17.0 Å². The molecule has 4 nitrogen and oxygen atoms in total. The third kappa shape index (κ3) is 1.69. The second-order valence-corrected chi connectivity index (χ2v) is 6.74.